The Kier molecular flexibility index (Phi) is 6.24. The third-order valence-electron chi connectivity index (χ3n) is 6.19. The van der Waals surface area contributed by atoms with Gasteiger partial charge in [0.25, 0.3) is 5.56 Å². The van der Waals surface area contributed by atoms with Crippen molar-refractivity contribution < 1.29 is 4.79 Å². The van der Waals surface area contributed by atoms with Gasteiger partial charge in [0.15, 0.2) is 10.8 Å². The summed E-state index contributed by atoms with van der Waals surface area (Å²) in [5, 5.41) is 8.51. The van der Waals surface area contributed by atoms with Crippen LogP contribution in [0.15, 0.2) is 64.7 Å². The van der Waals surface area contributed by atoms with Gasteiger partial charge in [-0.05, 0) is 49.1 Å². The number of hydrogen-bond acceptors (Lipinski definition) is 5. The van der Waals surface area contributed by atoms with E-state index in [4.69, 9.17) is 4.98 Å². The predicted molar refractivity (Wildman–Crippen MR) is 136 cm³/mol. The molecule has 2 aromatic heterocycles. The zero-order chi connectivity index (χ0) is 23.7. The van der Waals surface area contributed by atoms with Gasteiger partial charge in [-0.1, -0.05) is 55.4 Å². The molecule has 8 heteroatoms. The number of carbonyl (C=O) groups excluding carboxylic acids is 1. The van der Waals surface area contributed by atoms with E-state index >= 15 is 0 Å². The van der Waals surface area contributed by atoms with Gasteiger partial charge in [-0.3, -0.25) is 14.2 Å². The van der Waals surface area contributed by atoms with Crippen LogP contribution in [0, 0.1) is 6.92 Å². The van der Waals surface area contributed by atoms with E-state index in [9.17, 15) is 9.59 Å². The third kappa shape index (κ3) is 4.25. The van der Waals surface area contributed by atoms with Crippen molar-refractivity contribution in [1.29, 1.82) is 0 Å². The minimum absolute atomic E-state index is 0.109. The van der Waals surface area contributed by atoms with Crippen LogP contribution in [-0.2, 0) is 11.2 Å². The number of aryl methyl sites for hydroxylation is 2. The maximum atomic E-state index is 13.3. The van der Waals surface area contributed by atoms with Gasteiger partial charge in [0.2, 0.25) is 5.91 Å². The number of thioether (sulfide) groups is 1. The Balaban J connectivity index is 1.36. The molecular formula is C26H27N5O2S. The molecule has 0 aliphatic carbocycles. The lowest BCUT2D eigenvalue weighted by Gasteiger charge is -2.14. The van der Waals surface area contributed by atoms with Crippen LogP contribution in [0.4, 0.5) is 5.69 Å². The fourth-order valence-electron chi connectivity index (χ4n) is 4.32. The third-order valence-corrected chi connectivity index (χ3v) is 7.29. The van der Waals surface area contributed by atoms with Gasteiger partial charge in [-0.15, -0.1) is 0 Å². The summed E-state index contributed by atoms with van der Waals surface area (Å²) in [6, 6.07) is 15.6. The SMILES string of the molecule is CCCCc1ccc(NC(=O)CC2CSc3nc4c(cnn4-c4ccccc4C)c(=O)n32)cc1. The average Bonchev–Trinajstić information content (AvgIpc) is 3.44. The summed E-state index contributed by atoms with van der Waals surface area (Å²) in [7, 11) is 0. The van der Waals surface area contributed by atoms with Crippen molar-refractivity contribution >= 4 is 34.4 Å². The molecule has 0 saturated carbocycles. The summed E-state index contributed by atoms with van der Waals surface area (Å²) in [5.41, 5.74) is 4.39. The molecule has 2 aromatic carbocycles. The van der Waals surface area contributed by atoms with Crippen molar-refractivity contribution in [3.05, 3.63) is 76.2 Å². The van der Waals surface area contributed by atoms with Crippen LogP contribution >= 0.6 is 11.8 Å². The summed E-state index contributed by atoms with van der Waals surface area (Å²) in [6.07, 6.45) is 5.16. The molecule has 0 radical (unpaired) electrons. The number of para-hydroxylation sites is 1. The van der Waals surface area contributed by atoms with E-state index in [2.05, 4.69) is 29.5 Å². The molecule has 34 heavy (non-hydrogen) atoms. The van der Waals surface area contributed by atoms with Gasteiger partial charge in [0.1, 0.15) is 5.39 Å². The molecule has 0 bridgehead atoms. The Morgan fingerprint density at radius 2 is 1.97 bits per heavy atom. The highest BCUT2D eigenvalue weighted by Gasteiger charge is 2.29. The van der Waals surface area contributed by atoms with Crippen molar-refractivity contribution in [3.63, 3.8) is 0 Å². The zero-order valence-corrected chi connectivity index (χ0v) is 20.1. The number of benzene rings is 2. The molecule has 1 N–H and O–H groups in total. The lowest BCUT2D eigenvalue weighted by Crippen LogP contribution is -2.27. The number of aromatic nitrogens is 4. The molecule has 1 atom stereocenters. The molecule has 0 spiro atoms. The topological polar surface area (TPSA) is 81.8 Å². The van der Waals surface area contributed by atoms with Crippen LogP contribution < -0.4 is 10.9 Å². The fourth-order valence-corrected chi connectivity index (χ4v) is 5.45. The number of nitrogens with zero attached hydrogens (tertiary/aromatic N) is 4. The molecule has 174 valence electrons. The Hall–Kier alpha value is -3.39. The molecule has 5 rings (SSSR count). The summed E-state index contributed by atoms with van der Waals surface area (Å²) in [4.78, 5) is 30.9. The number of unbranched alkanes of at least 4 members (excludes halogenated alkanes) is 1. The second-order valence-corrected chi connectivity index (χ2v) is 9.65. The number of nitrogens with one attached hydrogen (secondary N) is 1. The second-order valence-electron chi connectivity index (χ2n) is 8.67. The smallest absolute Gasteiger partial charge is 0.265 e. The van der Waals surface area contributed by atoms with Gasteiger partial charge in [0, 0.05) is 17.9 Å². The minimum Gasteiger partial charge on any atom is -0.326 e. The summed E-state index contributed by atoms with van der Waals surface area (Å²) in [6.45, 7) is 4.18. The Morgan fingerprint density at radius 3 is 2.74 bits per heavy atom. The van der Waals surface area contributed by atoms with Crippen molar-refractivity contribution in [1.82, 2.24) is 19.3 Å². The molecule has 1 aliphatic rings. The van der Waals surface area contributed by atoms with Crippen molar-refractivity contribution in [3.8, 4) is 5.69 Å². The summed E-state index contributed by atoms with van der Waals surface area (Å²) >= 11 is 1.51. The minimum atomic E-state index is -0.241. The molecule has 0 saturated heterocycles. The Morgan fingerprint density at radius 1 is 1.18 bits per heavy atom. The zero-order valence-electron chi connectivity index (χ0n) is 19.3. The molecule has 1 aliphatic heterocycles. The maximum absolute atomic E-state index is 13.3. The quantitative estimate of drug-likeness (QED) is 0.386. The van der Waals surface area contributed by atoms with Crippen LogP contribution in [0.2, 0.25) is 0 Å². The maximum Gasteiger partial charge on any atom is 0.265 e. The molecule has 1 amide bonds. The Labute approximate surface area is 202 Å². The van der Waals surface area contributed by atoms with Crippen molar-refractivity contribution in [2.45, 2.75) is 50.7 Å². The Bertz CT molecular complexity index is 1410. The molecule has 7 nitrogen and oxygen atoms in total. The number of hydrogen-bond donors (Lipinski definition) is 1. The number of fused-ring (bicyclic) bond motifs is 2. The molecule has 1 unspecified atom stereocenters. The van der Waals surface area contributed by atoms with Gasteiger partial charge in [-0.2, -0.15) is 5.10 Å². The van der Waals surface area contributed by atoms with Gasteiger partial charge < -0.3 is 5.32 Å². The van der Waals surface area contributed by atoms with Crippen LogP contribution in [0.1, 0.15) is 43.4 Å². The number of anilines is 1. The number of rotatable bonds is 7. The highest BCUT2D eigenvalue weighted by atomic mass is 32.2. The normalized spacial score (nSPS) is 14.9. The van der Waals surface area contributed by atoms with E-state index in [1.54, 1.807) is 15.4 Å². The lowest BCUT2D eigenvalue weighted by atomic mass is 10.1. The first-order valence-corrected chi connectivity index (χ1v) is 12.6. The van der Waals surface area contributed by atoms with Crippen LogP contribution in [0.5, 0.6) is 0 Å². The fraction of sp³-hybridized carbons (Fsp3) is 0.308. The first-order valence-electron chi connectivity index (χ1n) is 11.6. The van der Waals surface area contributed by atoms with E-state index in [0.717, 1.165) is 36.2 Å². The molecule has 3 heterocycles. The molecular weight excluding hydrogens is 446 g/mol. The average molecular weight is 474 g/mol. The number of carbonyl (C=O) groups is 1. The van der Waals surface area contributed by atoms with E-state index in [0.29, 0.717) is 21.9 Å². The highest BCUT2D eigenvalue weighted by molar-refractivity contribution is 7.99. The highest BCUT2D eigenvalue weighted by Crippen LogP contribution is 2.33. The first-order chi connectivity index (χ1) is 16.5. The van der Waals surface area contributed by atoms with Crippen LogP contribution in [-0.4, -0.2) is 31.0 Å². The van der Waals surface area contributed by atoms with Crippen molar-refractivity contribution in [2.24, 2.45) is 0 Å². The first kappa shape index (κ1) is 22.4. The monoisotopic (exact) mass is 473 g/mol. The largest absolute Gasteiger partial charge is 0.326 e. The van der Waals surface area contributed by atoms with Crippen molar-refractivity contribution in [2.75, 3.05) is 11.1 Å². The number of amides is 1. The van der Waals surface area contributed by atoms with E-state index in [1.165, 1.54) is 17.3 Å². The van der Waals surface area contributed by atoms with Gasteiger partial charge in [-0.25, -0.2) is 9.67 Å². The van der Waals surface area contributed by atoms with Gasteiger partial charge in [0.05, 0.1) is 17.9 Å². The van der Waals surface area contributed by atoms with Crippen LogP contribution in [0.3, 0.4) is 0 Å². The molecule has 0 fully saturated rings. The van der Waals surface area contributed by atoms with E-state index in [-0.39, 0.29) is 23.9 Å². The second kappa shape index (κ2) is 9.46. The molecule has 4 aromatic rings. The predicted octanol–water partition coefficient (Wildman–Crippen LogP) is 4.91. The lowest BCUT2D eigenvalue weighted by molar-refractivity contribution is -0.116. The standard InChI is InChI=1S/C26H27N5O2S/c1-3-4-8-18-10-12-19(13-11-18)28-23(32)14-20-16-34-26-29-24-21(25(33)30(20)26)15-27-31(24)22-9-6-5-7-17(22)2/h5-7,9-13,15,20H,3-4,8,14,16H2,1-2H3,(H,28,32). The van der Waals surface area contributed by atoms with Gasteiger partial charge >= 0.3 is 0 Å². The van der Waals surface area contributed by atoms with E-state index < -0.39 is 0 Å². The van der Waals surface area contributed by atoms with Crippen LogP contribution in [0.25, 0.3) is 16.7 Å². The summed E-state index contributed by atoms with van der Waals surface area (Å²) < 4.78 is 3.38. The summed E-state index contributed by atoms with van der Waals surface area (Å²) in [5.74, 6) is 0.526. The van der Waals surface area contributed by atoms with E-state index in [1.807, 2.05) is 43.3 Å².